The van der Waals surface area contributed by atoms with Crippen molar-refractivity contribution >= 4 is 17.5 Å². The first-order chi connectivity index (χ1) is 17.4. The van der Waals surface area contributed by atoms with Gasteiger partial charge in [-0.3, -0.25) is 19.1 Å². The zero-order chi connectivity index (χ0) is 25.4. The molecule has 190 valence electrons. The summed E-state index contributed by atoms with van der Waals surface area (Å²) in [4.78, 5) is 40.8. The zero-order valence-corrected chi connectivity index (χ0v) is 19.5. The molecule has 3 aromatic heterocycles. The van der Waals surface area contributed by atoms with Gasteiger partial charge in [0.05, 0.1) is 18.5 Å². The Morgan fingerprint density at radius 1 is 1.28 bits per heavy atom. The van der Waals surface area contributed by atoms with E-state index >= 15 is 0 Å². The maximum Gasteiger partial charge on any atom is 0.276 e. The van der Waals surface area contributed by atoms with Gasteiger partial charge in [0.25, 0.3) is 11.5 Å². The average Bonchev–Trinajstić information content (AvgIpc) is 3.78. The Hall–Kier alpha value is -3.87. The molecule has 0 spiro atoms. The molecule has 2 aliphatic carbocycles. The van der Waals surface area contributed by atoms with E-state index in [-0.39, 0.29) is 17.2 Å². The fourth-order valence-corrected chi connectivity index (χ4v) is 4.71. The zero-order valence-electron chi connectivity index (χ0n) is 19.5. The number of aliphatic hydroxyl groups excluding tert-OH is 1. The minimum Gasteiger partial charge on any atom is -0.394 e. The number of amides is 2. The number of pyridine rings is 1. The number of aromatic amines is 1. The molecule has 2 unspecified atom stereocenters. The lowest BCUT2D eigenvalue weighted by Crippen LogP contribution is -2.50. The number of carbonyl (C=O) groups excluding carboxylic acids is 2. The number of carbonyl (C=O) groups is 2. The lowest BCUT2D eigenvalue weighted by Gasteiger charge is -2.27. The summed E-state index contributed by atoms with van der Waals surface area (Å²) in [5.41, 5.74) is 0.0772. The van der Waals surface area contributed by atoms with E-state index in [0.717, 1.165) is 37.9 Å². The summed E-state index contributed by atoms with van der Waals surface area (Å²) >= 11 is 0. The molecule has 0 radical (unpaired) electrons. The summed E-state index contributed by atoms with van der Waals surface area (Å²) < 4.78 is 19.6. The lowest BCUT2D eigenvalue weighted by molar-refractivity contribution is -0.119. The summed E-state index contributed by atoms with van der Waals surface area (Å²) in [6.07, 6.45) is 7.75. The number of nitrogens with zero attached hydrogens (tertiary/aromatic N) is 4. The first kappa shape index (κ1) is 23.9. The van der Waals surface area contributed by atoms with Crippen LogP contribution in [0, 0.1) is 30.5 Å². The second-order valence-electron chi connectivity index (χ2n) is 9.40. The van der Waals surface area contributed by atoms with E-state index in [0.29, 0.717) is 23.2 Å². The van der Waals surface area contributed by atoms with Gasteiger partial charge in [0.2, 0.25) is 5.91 Å². The van der Waals surface area contributed by atoms with Crippen LogP contribution in [0.4, 0.5) is 10.1 Å². The topological polar surface area (TPSA) is 168 Å². The second-order valence-corrected chi connectivity index (χ2v) is 9.40. The molecule has 2 amide bonds. The van der Waals surface area contributed by atoms with Crippen LogP contribution >= 0.6 is 0 Å². The van der Waals surface area contributed by atoms with E-state index in [2.05, 4.69) is 35.7 Å². The van der Waals surface area contributed by atoms with Gasteiger partial charge >= 0.3 is 0 Å². The predicted octanol–water partition coefficient (Wildman–Crippen LogP) is 1.16. The molecule has 13 heteroatoms. The normalized spacial score (nSPS) is 17.1. The van der Waals surface area contributed by atoms with Crippen molar-refractivity contribution in [1.82, 2.24) is 30.4 Å². The van der Waals surface area contributed by atoms with Crippen LogP contribution in [-0.2, 0) is 4.79 Å². The number of aromatic nitrogens is 5. The van der Waals surface area contributed by atoms with E-state index in [1.54, 1.807) is 6.92 Å². The Morgan fingerprint density at radius 3 is 2.61 bits per heavy atom. The first-order valence-electron chi connectivity index (χ1n) is 11.8. The summed E-state index contributed by atoms with van der Waals surface area (Å²) in [7, 11) is 0. The Labute approximate surface area is 204 Å². The van der Waals surface area contributed by atoms with Crippen LogP contribution in [0.1, 0.15) is 53.5 Å². The van der Waals surface area contributed by atoms with Crippen molar-refractivity contribution in [3.63, 3.8) is 0 Å². The van der Waals surface area contributed by atoms with Crippen molar-refractivity contribution in [3.8, 4) is 0 Å². The van der Waals surface area contributed by atoms with Crippen LogP contribution in [0.2, 0.25) is 0 Å². The number of hydrogen-bond acceptors (Lipinski definition) is 8. The monoisotopic (exact) mass is 499 g/mol. The van der Waals surface area contributed by atoms with Gasteiger partial charge in [-0.05, 0) is 61.6 Å². The molecule has 0 bridgehead atoms. The van der Waals surface area contributed by atoms with E-state index in [9.17, 15) is 23.9 Å². The Bertz CT molecular complexity index is 1310. The summed E-state index contributed by atoms with van der Waals surface area (Å²) in [6.45, 7) is 1.08. The van der Waals surface area contributed by atoms with Crippen molar-refractivity contribution in [2.75, 3.05) is 11.9 Å². The third-order valence-electron chi connectivity index (χ3n) is 6.77. The third-order valence-corrected chi connectivity index (χ3v) is 6.77. The van der Waals surface area contributed by atoms with Crippen molar-refractivity contribution in [2.24, 2.45) is 17.8 Å². The van der Waals surface area contributed by atoms with Gasteiger partial charge in [-0.2, -0.15) is 5.10 Å². The molecule has 2 fully saturated rings. The number of H-pyrrole nitrogens is 1. The highest BCUT2D eigenvalue weighted by Crippen LogP contribution is 2.50. The molecule has 36 heavy (non-hydrogen) atoms. The van der Waals surface area contributed by atoms with Gasteiger partial charge in [0.1, 0.15) is 23.6 Å². The van der Waals surface area contributed by atoms with Gasteiger partial charge in [-0.25, -0.2) is 9.02 Å². The third kappa shape index (κ3) is 4.91. The van der Waals surface area contributed by atoms with E-state index < -0.39 is 41.9 Å². The first-order valence-corrected chi connectivity index (χ1v) is 11.8. The summed E-state index contributed by atoms with van der Waals surface area (Å²) in [6, 6.07) is -0.738. The number of anilines is 1. The van der Waals surface area contributed by atoms with Gasteiger partial charge in [-0.15, -0.1) is 0 Å². The lowest BCUT2D eigenvalue weighted by atomic mass is 9.88. The Morgan fingerprint density at radius 2 is 2.00 bits per heavy atom. The SMILES string of the molecule is Cc1nonc1C(=O)NC(C(=O)Nc1cnn(C(CO)c2cc(F)c[nH]c2=O)c1)C(C1CC1)C1CC1. The van der Waals surface area contributed by atoms with Crippen LogP contribution in [0.5, 0.6) is 0 Å². The second kappa shape index (κ2) is 9.64. The quantitative estimate of drug-likeness (QED) is 0.322. The number of aryl methyl sites for hydroxylation is 1. The fourth-order valence-electron chi connectivity index (χ4n) is 4.71. The van der Waals surface area contributed by atoms with E-state index in [4.69, 9.17) is 0 Å². The molecule has 3 heterocycles. The minimum absolute atomic E-state index is 0.0114. The number of nitrogens with one attached hydrogen (secondary N) is 3. The molecule has 4 N–H and O–H groups in total. The maximum absolute atomic E-state index is 13.7. The van der Waals surface area contributed by atoms with Crippen LogP contribution < -0.4 is 16.2 Å². The van der Waals surface area contributed by atoms with Crippen LogP contribution in [0.15, 0.2) is 34.1 Å². The molecule has 0 saturated heterocycles. The fraction of sp³-hybridized carbons (Fsp3) is 0.478. The summed E-state index contributed by atoms with van der Waals surface area (Å²) in [5, 5.41) is 26.9. The molecule has 2 saturated carbocycles. The van der Waals surface area contributed by atoms with Gasteiger partial charge in [0.15, 0.2) is 5.69 Å². The average molecular weight is 500 g/mol. The number of rotatable bonds is 10. The number of hydrogen-bond donors (Lipinski definition) is 4. The molecule has 2 atom stereocenters. The Kier molecular flexibility index (Phi) is 6.39. The van der Waals surface area contributed by atoms with Gasteiger partial charge < -0.3 is 20.7 Å². The predicted molar refractivity (Wildman–Crippen MR) is 122 cm³/mol. The maximum atomic E-state index is 13.7. The van der Waals surface area contributed by atoms with Crippen LogP contribution in [-0.4, -0.2) is 54.6 Å². The van der Waals surface area contributed by atoms with Crippen molar-refractivity contribution in [3.05, 3.63) is 57.8 Å². The molecule has 5 rings (SSSR count). The molecule has 0 aromatic carbocycles. The number of aliphatic hydroxyl groups is 1. The van der Waals surface area contributed by atoms with Crippen LogP contribution in [0.25, 0.3) is 0 Å². The van der Waals surface area contributed by atoms with Gasteiger partial charge in [-0.1, -0.05) is 5.16 Å². The van der Waals surface area contributed by atoms with E-state index in [1.165, 1.54) is 17.1 Å². The number of halogens is 1. The smallest absolute Gasteiger partial charge is 0.276 e. The molecular weight excluding hydrogens is 473 g/mol. The van der Waals surface area contributed by atoms with Crippen molar-refractivity contribution in [2.45, 2.75) is 44.7 Å². The standard InChI is InChI=1S/C23H26FN7O5/c1-11-19(30-36-29-11)22(34)28-20(18(12-2-3-12)13-4-5-13)23(35)27-15-8-26-31(9-15)17(10-32)16-6-14(24)7-25-21(16)33/h6-9,12-13,17-18,20,32H,2-5,10H2,1H3,(H,25,33)(H,27,35)(H,28,34). The largest absolute Gasteiger partial charge is 0.394 e. The highest BCUT2D eigenvalue weighted by molar-refractivity contribution is 6.00. The molecule has 0 aliphatic heterocycles. The van der Waals surface area contributed by atoms with Crippen molar-refractivity contribution < 1.29 is 23.7 Å². The molecule has 3 aromatic rings. The van der Waals surface area contributed by atoms with Gasteiger partial charge in [0, 0.05) is 18.0 Å². The summed E-state index contributed by atoms with van der Waals surface area (Å²) in [5.74, 6) is -0.921. The highest BCUT2D eigenvalue weighted by Gasteiger charge is 2.48. The molecule has 2 aliphatic rings. The van der Waals surface area contributed by atoms with E-state index in [1.807, 2.05) is 0 Å². The Balaban J connectivity index is 1.36. The molecule has 12 nitrogen and oxygen atoms in total. The highest BCUT2D eigenvalue weighted by atomic mass is 19.1. The van der Waals surface area contributed by atoms with Crippen molar-refractivity contribution in [1.29, 1.82) is 0 Å². The molecular formula is C23H26FN7O5. The van der Waals surface area contributed by atoms with Crippen LogP contribution in [0.3, 0.4) is 0 Å². The minimum atomic E-state index is -0.959.